The molecule has 2 rings (SSSR count). The average Bonchev–Trinajstić information content (AvgIpc) is 2.95. The maximum Gasteiger partial charge on any atom is 0.407 e. The summed E-state index contributed by atoms with van der Waals surface area (Å²) in [5.41, 5.74) is 2.09. The fraction of sp³-hybridized carbons (Fsp3) is 0.632. The molecule has 134 valence electrons. The lowest BCUT2D eigenvalue weighted by molar-refractivity contribution is 0.101. The van der Waals surface area contributed by atoms with Crippen molar-refractivity contribution in [1.29, 1.82) is 0 Å². The summed E-state index contributed by atoms with van der Waals surface area (Å²) in [6.07, 6.45) is 1.34. The lowest BCUT2D eigenvalue weighted by Gasteiger charge is -2.33. The van der Waals surface area contributed by atoms with E-state index in [4.69, 9.17) is 4.74 Å². The Balaban J connectivity index is 1.87. The van der Waals surface area contributed by atoms with E-state index in [-0.39, 0.29) is 5.54 Å². The molecule has 1 aliphatic heterocycles. The van der Waals surface area contributed by atoms with E-state index in [1.807, 2.05) is 20.8 Å². The van der Waals surface area contributed by atoms with Crippen molar-refractivity contribution in [3.63, 3.8) is 0 Å². The van der Waals surface area contributed by atoms with Crippen LogP contribution in [-0.2, 0) is 17.7 Å². The number of benzene rings is 1. The van der Waals surface area contributed by atoms with Gasteiger partial charge in [-0.25, -0.2) is 4.79 Å². The van der Waals surface area contributed by atoms with Gasteiger partial charge in [-0.2, -0.15) is 0 Å². The topological polar surface area (TPSA) is 53.0 Å². The van der Waals surface area contributed by atoms with Crippen LogP contribution in [0.25, 0.3) is 0 Å². The van der Waals surface area contributed by atoms with Gasteiger partial charge in [-0.1, -0.05) is 24.3 Å². The Labute approximate surface area is 145 Å². The second-order valence-corrected chi connectivity index (χ2v) is 7.55. The number of likely N-dealkylation sites (tertiary alicyclic amines) is 1. The Hall–Kier alpha value is -1.59. The summed E-state index contributed by atoms with van der Waals surface area (Å²) in [5.74, 6) is 0. The number of rotatable bonds is 6. The molecule has 0 bridgehead atoms. The Morgan fingerprint density at radius 1 is 1.29 bits per heavy atom. The molecule has 1 saturated heterocycles. The normalized spacial score (nSPS) is 18.8. The van der Waals surface area contributed by atoms with Gasteiger partial charge in [0.05, 0.1) is 6.10 Å². The first kappa shape index (κ1) is 18.7. The van der Waals surface area contributed by atoms with Crippen LogP contribution in [0.4, 0.5) is 4.79 Å². The lowest BCUT2D eigenvalue weighted by atomic mass is 10.0. The Morgan fingerprint density at radius 2 is 1.92 bits per heavy atom. The fourth-order valence-corrected chi connectivity index (χ4v) is 3.16. The minimum atomic E-state index is -0.860. The highest BCUT2D eigenvalue weighted by atomic mass is 16.5. The van der Waals surface area contributed by atoms with E-state index < -0.39 is 6.09 Å². The van der Waals surface area contributed by atoms with Gasteiger partial charge in [0.2, 0.25) is 0 Å². The molecule has 1 N–H and O–H groups in total. The standard InChI is InChI=1S/C19H30N2O3/c1-19(2,3)21(18(22)23)12-9-15-5-7-16(8-6-15)13-20-11-10-17(14-20)24-4/h5-8,17H,9-14H2,1-4H3,(H,22,23). The van der Waals surface area contributed by atoms with Crippen molar-refractivity contribution in [2.75, 3.05) is 26.7 Å². The second kappa shape index (κ2) is 7.99. The van der Waals surface area contributed by atoms with Gasteiger partial charge in [-0.05, 0) is 44.7 Å². The van der Waals surface area contributed by atoms with Gasteiger partial charge in [0.1, 0.15) is 0 Å². The fourth-order valence-electron chi connectivity index (χ4n) is 3.16. The first-order chi connectivity index (χ1) is 11.3. The SMILES string of the molecule is COC1CCN(Cc2ccc(CCN(C(=O)O)C(C)(C)C)cc2)C1. The highest BCUT2D eigenvalue weighted by molar-refractivity contribution is 5.66. The quantitative estimate of drug-likeness (QED) is 0.868. The molecule has 0 spiro atoms. The number of hydrogen-bond donors (Lipinski definition) is 1. The van der Waals surface area contributed by atoms with Gasteiger partial charge in [0.25, 0.3) is 0 Å². The minimum Gasteiger partial charge on any atom is -0.465 e. The molecule has 1 aromatic rings. The summed E-state index contributed by atoms with van der Waals surface area (Å²) in [5, 5.41) is 9.34. The number of carboxylic acid groups (broad SMARTS) is 1. The molecule has 1 amide bonds. The molecule has 1 aromatic carbocycles. The molecule has 24 heavy (non-hydrogen) atoms. The number of hydrogen-bond acceptors (Lipinski definition) is 3. The Kier molecular flexibility index (Phi) is 6.24. The van der Waals surface area contributed by atoms with E-state index in [1.54, 1.807) is 7.11 Å². The summed E-state index contributed by atoms with van der Waals surface area (Å²) in [6.45, 7) is 9.31. The van der Waals surface area contributed by atoms with Crippen LogP contribution in [0.3, 0.4) is 0 Å². The van der Waals surface area contributed by atoms with Crippen molar-refractivity contribution in [3.05, 3.63) is 35.4 Å². The van der Waals surface area contributed by atoms with E-state index in [2.05, 4.69) is 29.2 Å². The maximum absolute atomic E-state index is 11.4. The van der Waals surface area contributed by atoms with Gasteiger partial charge in [-0.15, -0.1) is 0 Å². The largest absolute Gasteiger partial charge is 0.465 e. The van der Waals surface area contributed by atoms with Gasteiger partial charge < -0.3 is 14.7 Å². The molecule has 1 fully saturated rings. The first-order valence-corrected chi connectivity index (χ1v) is 8.63. The van der Waals surface area contributed by atoms with E-state index in [0.717, 1.165) is 32.5 Å². The minimum absolute atomic E-state index is 0.365. The highest BCUT2D eigenvalue weighted by Crippen LogP contribution is 2.17. The second-order valence-electron chi connectivity index (χ2n) is 7.55. The Morgan fingerprint density at radius 3 is 2.42 bits per heavy atom. The number of amides is 1. The van der Waals surface area contributed by atoms with Crippen LogP contribution in [-0.4, -0.2) is 59.4 Å². The zero-order valence-corrected chi connectivity index (χ0v) is 15.3. The van der Waals surface area contributed by atoms with E-state index in [1.165, 1.54) is 16.0 Å². The van der Waals surface area contributed by atoms with E-state index in [0.29, 0.717) is 12.6 Å². The average molecular weight is 334 g/mol. The lowest BCUT2D eigenvalue weighted by Crippen LogP contribution is -2.45. The molecule has 5 heteroatoms. The summed E-state index contributed by atoms with van der Waals surface area (Å²) >= 11 is 0. The van der Waals surface area contributed by atoms with Crippen LogP contribution < -0.4 is 0 Å². The number of ether oxygens (including phenoxy) is 1. The van der Waals surface area contributed by atoms with E-state index in [9.17, 15) is 9.90 Å². The molecule has 5 nitrogen and oxygen atoms in total. The molecule has 1 aliphatic rings. The predicted molar refractivity (Wildman–Crippen MR) is 95.3 cm³/mol. The first-order valence-electron chi connectivity index (χ1n) is 8.63. The van der Waals surface area contributed by atoms with Crippen molar-refractivity contribution < 1.29 is 14.6 Å². The predicted octanol–water partition coefficient (Wildman–Crippen LogP) is 3.23. The van der Waals surface area contributed by atoms with Gasteiger partial charge >= 0.3 is 6.09 Å². The molecule has 0 aliphatic carbocycles. The van der Waals surface area contributed by atoms with Crippen molar-refractivity contribution in [1.82, 2.24) is 9.80 Å². The summed E-state index contributed by atoms with van der Waals surface area (Å²) in [7, 11) is 1.78. The van der Waals surface area contributed by atoms with Gasteiger partial charge in [-0.3, -0.25) is 4.90 Å². The van der Waals surface area contributed by atoms with Crippen molar-refractivity contribution in [2.24, 2.45) is 0 Å². The van der Waals surface area contributed by atoms with Crippen LogP contribution in [0.1, 0.15) is 38.3 Å². The monoisotopic (exact) mass is 334 g/mol. The van der Waals surface area contributed by atoms with Crippen LogP contribution >= 0.6 is 0 Å². The zero-order valence-electron chi connectivity index (χ0n) is 15.3. The third kappa shape index (κ3) is 5.21. The third-order valence-corrected chi connectivity index (χ3v) is 4.66. The molecule has 1 atom stereocenters. The number of methoxy groups -OCH3 is 1. The maximum atomic E-state index is 11.4. The summed E-state index contributed by atoms with van der Waals surface area (Å²) in [4.78, 5) is 15.3. The molecule has 1 heterocycles. The number of nitrogens with zero attached hydrogens (tertiary/aromatic N) is 2. The third-order valence-electron chi connectivity index (χ3n) is 4.66. The van der Waals surface area contributed by atoms with Crippen LogP contribution in [0.2, 0.25) is 0 Å². The van der Waals surface area contributed by atoms with Crippen molar-refractivity contribution >= 4 is 6.09 Å². The molecule has 0 saturated carbocycles. The number of carbonyl (C=O) groups is 1. The van der Waals surface area contributed by atoms with Crippen LogP contribution in [0.5, 0.6) is 0 Å². The van der Waals surface area contributed by atoms with Crippen LogP contribution in [0.15, 0.2) is 24.3 Å². The molecule has 0 radical (unpaired) electrons. The van der Waals surface area contributed by atoms with Crippen molar-refractivity contribution in [3.8, 4) is 0 Å². The highest BCUT2D eigenvalue weighted by Gasteiger charge is 2.25. The zero-order chi connectivity index (χ0) is 17.7. The molecule has 1 unspecified atom stereocenters. The molecule has 0 aromatic heterocycles. The van der Waals surface area contributed by atoms with Gasteiger partial charge in [0.15, 0.2) is 0 Å². The van der Waals surface area contributed by atoms with Gasteiger partial charge in [0, 0.05) is 38.8 Å². The summed E-state index contributed by atoms with van der Waals surface area (Å²) < 4.78 is 5.40. The van der Waals surface area contributed by atoms with Crippen molar-refractivity contribution in [2.45, 2.75) is 51.8 Å². The molecular formula is C19H30N2O3. The van der Waals surface area contributed by atoms with Crippen LogP contribution in [0, 0.1) is 0 Å². The summed E-state index contributed by atoms with van der Waals surface area (Å²) in [6, 6.07) is 8.53. The molecular weight excluding hydrogens is 304 g/mol. The van der Waals surface area contributed by atoms with E-state index >= 15 is 0 Å². The Bertz CT molecular complexity index is 537. The smallest absolute Gasteiger partial charge is 0.407 e.